The number of hydrogen-bond acceptors (Lipinski definition) is 5. The summed E-state index contributed by atoms with van der Waals surface area (Å²) in [4.78, 5) is 25.4. The van der Waals surface area contributed by atoms with Crippen LogP contribution in [0, 0.1) is 0 Å². The third-order valence-corrected chi connectivity index (χ3v) is 5.59. The number of nitrogen functional groups attached to an aromatic ring is 1. The van der Waals surface area contributed by atoms with Gasteiger partial charge in [0, 0.05) is 34.7 Å². The van der Waals surface area contributed by atoms with Crippen LogP contribution >= 0.6 is 23.2 Å². The largest absolute Gasteiger partial charge is 0.394 e. The zero-order chi connectivity index (χ0) is 19.3. The van der Waals surface area contributed by atoms with Crippen LogP contribution in [-0.2, 0) is 6.54 Å². The first-order chi connectivity index (χ1) is 12.9. The maximum atomic E-state index is 11.8. The predicted octanol–water partition coefficient (Wildman–Crippen LogP) is 3.49. The van der Waals surface area contributed by atoms with Gasteiger partial charge in [0.2, 0.25) is 0 Å². The van der Waals surface area contributed by atoms with Crippen molar-refractivity contribution in [3.8, 4) is 0 Å². The fourth-order valence-electron chi connectivity index (χ4n) is 3.69. The van der Waals surface area contributed by atoms with Crippen molar-refractivity contribution in [2.75, 3.05) is 24.6 Å². The molecule has 0 aromatic heterocycles. The average molecular weight is 402 g/mol. The lowest BCUT2D eigenvalue weighted by Crippen LogP contribution is -2.36. The number of rotatable bonds is 3. The van der Waals surface area contributed by atoms with Gasteiger partial charge in [0.25, 0.3) is 10.9 Å². The molecule has 0 saturated carbocycles. The summed E-state index contributed by atoms with van der Waals surface area (Å²) >= 11 is 12.7. The topological polar surface area (TPSA) is 75.4 Å². The molecule has 0 spiro atoms. The highest BCUT2D eigenvalue weighted by atomic mass is 35.5. The third-order valence-electron chi connectivity index (χ3n) is 5.04. The summed E-state index contributed by atoms with van der Waals surface area (Å²) in [7, 11) is 2.03. The van der Waals surface area contributed by atoms with Crippen molar-refractivity contribution in [2.45, 2.75) is 12.5 Å². The molecule has 138 valence electrons. The van der Waals surface area contributed by atoms with E-state index < -0.39 is 10.9 Å². The SMILES string of the molecule is CN1Cc2c(Cl)cc(Cl)cc2C(c2ccccc2Nc2c(N)c(=O)c2=O)C1. The zero-order valence-electron chi connectivity index (χ0n) is 14.6. The number of halogens is 2. The summed E-state index contributed by atoms with van der Waals surface area (Å²) in [6, 6.07) is 11.4. The highest BCUT2D eigenvalue weighted by Gasteiger charge is 2.29. The van der Waals surface area contributed by atoms with Gasteiger partial charge < -0.3 is 16.0 Å². The number of nitrogens with one attached hydrogen (secondary N) is 1. The molecule has 1 aliphatic rings. The van der Waals surface area contributed by atoms with E-state index in [1.807, 2.05) is 37.4 Å². The lowest BCUT2D eigenvalue weighted by molar-refractivity contribution is 0.295. The number of anilines is 3. The van der Waals surface area contributed by atoms with Gasteiger partial charge in [0.1, 0.15) is 11.4 Å². The molecular weight excluding hydrogens is 385 g/mol. The van der Waals surface area contributed by atoms with Gasteiger partial charge in [-0.15, -0.1) is 0 Å². The van der Waals surface area contributed by atoms with Crippen molar-refractivity contribution in [1.29, 1.82) is 0 Å². The molecule has 27 heavy (non-hydrogen) atoms. The smallest absolute Gasteiger partial charge is 0.253 e. The predicted molar refractivity (Wildman–Crippen MR) is 110 cm³/mol. The summed E-state index contributed by atoms with van der Waals surface area (Å²) in [5.74, 6) is 0.00588. The standard InChI is InChI=1S/C20H17Cl2N3O2/c1-25-8-13(12-6-10(21)7-15(22)14(12)9-25)11-4-2-3-5-16(11)24-18-17(23)19(26)20(18)27/h2-7,13,24H,8-9,23H2,1H3. The minimum absolute atomic E-state index is 0.00588. The van der Waals surface area contributed by atoms with E-state index in [1.165, 1.54) is 0 Å². The number of benzene rings is 2. The molecule has 0 bridgehead atoms. The van der Waals surface area contributed by atoms with Gasteiger partial charge >= 0.3 is 0 Å². The van der Waals surface area contributed by atoms with Gasteiger partial charge in [0.15, 0.2) is 0 Å². The van der Waals surface area contributed by atoms with Crippen LogP contribution in [0.5, 0.6) is 0 Å². The van der Waals surface area contributed by atoms with Crippen LogP contribution in [0.4, 0.5) is 17.1 Å². The van der Waals surface area contributed by atoms with E-state index in [0.717, 1.165) is 35.5 Å². The molecule has 0 radical (unpaired) electrons. The Labute approximate surface area is 166 Å². The maximum Gasteiger partial charge on any atom is 0.253 e. The molecule has 1 atom stereocenters. The summed E-state index contributed by atoms with van der Waals surface area (Å²) in [6.07, 6.45) is 0. The molecule has 0 aliphatic carbocycles. The molecule has 0 saturated heterocycles. The number of fused-ring (bicyclic) bond motifs is 1. The molecule has 1 heterocycles. The summed E-state index contributed by atoms with van der Waals surface area (Å²) in [5.41, 5.74) is 8.40. The summed E-state index contributed by atoms with van der Waals surface area (Å²) in [6.45, 7) is 1.51. The van der Waals surface area contributed by atoms with Gasteiger partial charge in [-0.1, -0.05) is 41.4 Å². The van der Waals surface area contributed by atoms with E-state index in [9.17, 15) is 9.59 Å². The van der Waals surface area contributed by atoms with E-state index in [4.69, 9.17) is 28.9 Å². The Morgan fingerprint density at radius 1 is 1.11 bits per heavy atom. The first-order valence-corrected chi connectivity index (χ1v) is 9.23. The fourth-order valence-corrected chi connectivity index (χ4v) is 4.26. The van der Waals surface area contributed by atoms with Crippen molar-refractivity contribution in [3.05, 3.63) is 83.6 Å². The number of likely N-dealkylation sites (N-methyl/N-ethyl adjacent to an activating group) is 1. The minimum atomic E-state index is -0.642. The van der Waals surface area contributed by atoms with E-state index in [2.05, 4.69) is 10.2 Å². The molecule has 0 fully saturated rings. The van der Waals surface area contributed by atoms with Gasteiger partial charge in [-0.3, -0.25) is 9.59 Å². The Morgan fingerprint density at radius 2 is 1.85 bits per heavy atom. The number of nitrogens with zero attached hydrogens (tertiary/aromatic N) is 1. The second-order valence-corrected chi connectivity index (χ2v) is 7.71. The molecular formula is C20H17Cl2N3O2. The summed E-state index contributed by atoms with van der Waals surface area (Å²) in [5, 5.41) is 4.28. The van der Waals surface area contributed by atoms with Crippen LogP contribution < -0.4 is 21.9 Å². The number of hydrogen-bond donors (Lipinski definition) is 2. The summed E-state index contributed by atoms with van der Waals surface area (Å²) < 4.78 is 0. The van der Waals surface area contributed by atoms with E-state index in [1.54, 1.807) is 6.07 Å². The highest BCUT2D eigenvalue weighted by molar-refractivity contribution is 6.35. The average Bonchev–Trinajstić information content (AvgIpc) is 2.65. The van der Waals surface area contributed by atoms with Crippen LogP contribution in [-0.4, -0.2) is 18.5 Å². The molecule has 3 aromatic rings. The molecule has 3 aromatic carbocycles. The van der Waals surface area contributed by atoms with Crippen LogP contribution in [0.3, 0.4) is 0 Å². The molecule has 7 heteroatoms. The second-order valence-electron chi connectivity index (χ2n) is 6.86. The van der Waals surface area contributed by atoms with Gasteiger partial charge in [-0.05, 0) is 41.9 Å². The first-order valence-electron chi connectivity index (χ1n) is 8.48. The van der Waals surface area contributed by atoms with Crippen molar-refractivity contribution in [1.82, 2.24) is 4.90 Å². The molecule has 5 nitrogen and oxygen atoms in total. The Kier molecular flexibility index (Phi) is 4.46. The van der Waals surface area contributed by atoms with Crippen molar-refractivity contribution >= 4 is 40.3 Å². The normalized spacial score (nSPS) is 17.1. The molecule has 3 N–H and O–H groups in total. The number of para-hydroxylation sites is 1. The van der Waals surface area contributed by atoms with Crippen LogP contribution in [0.1, 0.15) is 22.6 Å². The third kappa shape index (κ3) is 3.02. The van der Waals surface area contributed by atoms with Crippen molar-refractivity contribution < 1.29 is 0 Å². The van der Waals surface area contributed by atoms with Crippen molar-refractivity contribution in [3.63, 3.8) is 0 Å². The Balaban J connectivity index is 1.82. The van der Waals surface area contributed by atoms with Gasteiger partial charge in [0.05, 0.1) is 0 Å². The Morgan fingerprint density at radius 3 is 2.59 bits per heavy atom. The van der Waals surface area contributed by atoms with Gasteiger partial charge in [-0.2, -0.15) is 0 Å². The second kappa shape index (κ2) is 6.68. The van der Waals surface area contributed by atoms with Crippen LogP contribution in [0.15, 0.2) is 46.0 Å². The number of nitrogens with two attached hydrogens (primary N) is 1. The van der Waals surface area contributed by atoms with E-state index in [0.29, 0.717) is 10.0 Å². The van der Waals surface area contributed by atoms with Crippen molar-refractivity contribution in [2.24, 2.45) is 0 Å². The molecule has 1 aliphatic heterocycles. The van der Waals surface area contributed by atoms with Crippen LogP contribution in [0.25, 0.3) is 0 Å². The zero-order valence-corrected chi connectivity index (χ0v) is 16.1. The Bertz CT molecular complexity index is 1120. The molecule has 1 unspecified atom stereocenters. The maximum absolute atomic E-state index is 11.8. The highest BCUT2D eigenvalue weighted by Crippen LogP contribution is 2.41. The first kappa shape index (κ1) is 18.0. The van der Waals surface area contributed by atoms with E-state index in [-0.39, 0.29) is 17.3 Å². The van der Waals surface area contributed by atoms with Crippen LogP contribution in [0.2, 0.25) is 10.0 Å². The monoisotopic (exact) mass is 401 g/mol. The lowest BCUT2D eigenvalue weighted by Gasteiger charge is -2.34. The van der Waals surface area contributed by atoms with Gasteiger partial charge in [-0.25, -0.2) is 0 Å². The molecule has 4 rings (SSSR count). The van der Waals surface area contributed by atoms with E-state index >= 15 is 0 Å². The molecule has 0 amide bonds. The Hall–Kier alpha value is -2.34. The fraction of sp³-hybridized carbons (Fsp3) is 0.200. The quantitative estimate of drug-likeness (QED) is 0.656. The minimum Gasteiger partial charge on any atom is -0.394 e. The lowest BCUT2D eigenvalue weighted by atomic mass is 9.84.